The molecule has 0 atom stereocenters. The van der Waals surface area contributed by atoms with Crippen molar-refractivity contribution < 1.29 is 13.3 Å². The normalized spacial score (nSPS) is 12.2. The van der Waals surface area contributed by atoms with Crippen LogP contribution in [0.25, 0.3) is 0 Å². The van der Waals surface area contributed by atoms with Gasteiger partial charge in [0.1, 0.15) is 5.15 Å². The minimum absolute atomic E-state index is 0.0286. The molecule has 0 spiro atoms. The van der Waals surface area contributed by atoms with Gasteiger partial charge in [0.2, 0.25) is 15.8 Å². The van der Waals surface area contributed by atoms with Crippen LogP contribution < -0.4 is 4.72 Å². The molecule has 0 aliphatic heterocycles. The van der Waals surface area contributed by atoms with Crippen molar-refractivity contribution in [1.82, 2.24) is 4.98 Å². The number of nitro groups is 1. The van der Waals surface area contributed by atoms with E-state index in [1.54, 1.807) is 20.8 Å². The molecule has 9 heteroatoms. The van der Waals surface area contributed by atoms with E-state index < -0.39 is 26.0 Å². The third-order valence-corrected chi connectivity index (χ3v) is 3.87. The summed E-state index contributed by atoms with van der Waals surface area (Å²) in [5.41, 5.74) is -0.930. The molecule has 19 heavy (non-hydrogen) atoms. The highest BCUT2D eigenvalue weighted by atomic mass is 35.5. The van der Waals surface area contributed by atoms with E-state index in [1.165, 1.54) is 6.07 Å². The molecule has 1 heterocycles. The van der Waals surface area contributed by atoms with Gasteiger partial charge in [-0.15, -0.1) is 0 Å². The zero-order valence-electron chi connectivity index (χ0n) is 10.7. The molecule has 0 amide bonds. The van der Waals surface area contributed by atoms with E-state index in [2.05, 4.69) is 9.71 Å². The molecule has 0 bridgehead atoms. The van der Waals surface area contributed by atoms with E-state index in [9.17, 15) is 18.5 Å². The molecule has 0 radical (unpaired) electrons. The zero-order chi connectivity index (χ0) is 14.8. The van der Waals surface area contributed by atoms with Crippen molar-refractivity contribution in [3.05, 3.63) is 27.4 Å². The van der Waals surface area contributed by atoms with Crippen molar-refractivity contribution in [1.29, 1.82) is 0 Å². The van der Waals surface area contributed by atoms with Gasteiger partial charge in [0.05, 0.1) is 10.7 Å². The Morgan fingerprint density at radius 3 is 2.47 bits per heavy atom. The first-order valence-electron chi connectivity index (χ1n) is 5.32. The zero-order valence-corrected chi connectivity index (χ0v) is 12.2. The smallest absolute Gasteiger partial charge is 0.261 e. The highest BCUT2D eigenvalue weighted by Gasteiger charge is 2.25. The van der Waals surface area contributed by atoms with Gasteiger partial charge in [-0.1, -0.05) is 32.4 Å². The second-order valence-corrected chi connectivity index (χ2v) is 7.29. The Balaban J connectivity index is 3.12. The summed E-state index contributed by atoms with van der Waals surface area (Å²) in [5, 5.41) is 10.8. The maximum atomic E-state index is 11.9. The quantitative estimate of drug-likeness (QED) is 0.523. The van der Waals surface area contributed by atoms with Crippen molar-refractivity contribution in [3.63, 3.8) is 0 Å². The maximum Gasteiger partial charge on any atom is 0.312 e. The van der Waals surface area contributed by atoms with Crippen LogP contribution in [0.5, 0.6) is 0 Å². The first-order valence-corrected chi connectivity index (χ1v) is 7.35. The van der Waals surface area contributed by atoms with Crippen molar-refractivity contribution in [2.45, 2.75) is 20.8 Å². The molecule has 1 N–H and O–H groups in total. The summed E-state index contributed by atoms with van der Waals surface area (Å²) in [7, 11) is -3.74. The van der Waals surface area contributed by atoms with Crippen LogP contribution in [0.3, 0.4) is 0 Å². The third-order valence-electron chi connectivity index (χ3n) is 1.91. The van der Waals surface area contributed by atoms with Crippen LogP contribution in [-0.2, 0) is 10.0 Å². The maximum absolute atomic E-state index is 11.9. The summed E-state index contributed by atoms with van der Waals surface area (Å²) in [5.74, 6) is -0.563. The van der Waals surface area contributed by atoms with E-state index in [-0.39, 0.29) is 16.7 Å². The number of nitrogens with one attached hydrogen (secondary N) is 1. The van der Waals surface area contributed by atoms with Crippen LogP contribution in [0.4, 0.5) is 11.5 Å². The molecule has 0 aromatic carbocycles. The first-order chi connectivity index (χ1) is 8.50. The minimum atomic E-state index is -3.74. The molecular formula is C10H14ClN3O4S. The molecule has 7 nitrogen and oxygen atoms in total. The largest absolute Gasteiger partial charge is 0.312 e. The fourth-order valence-electron chi connectivity index (χ4n) is 1.40. The van der Waals surface area contributed by atoms with Gasteiger partial charge < -0.3 is 0 Å². The van der Waals surface area contributed by atoms with Gasteiger partial charge >= 0.3 is 5.69 Å². The lowest BCUT2D eigenvalue weighted by Crippen LogP contribution is -2.26. The molecule has 0 aliphatic carbocycles. The second-order valence-electron chi connectivity index (χ2n) is 5.18. The van der Waals surface area contributed by atoms with E-state index in [0.717, 1.165) is 6.07 Å². The van der Waals surface area contributed by atoms with Crippen LogP contribution in [0.15, 0.2) is 12.1 Å². The predicted octanol–water partition coefficient (Wildman–Crippen LogP) is 2.43. The topological polar surface area (TPSA) is 102 Å². The van der Waals surface area contributed by atoms with Gasteiger partial charge in [-0.05, 0) is 11.5 Å². The average molecular weight is 308 g/mol. The van der Waals surface area contributed by atoms with Gasteiger partial charge in [0.15, 0.2) is 0 Å². The highest BCUT2D eigenvalue weighted by Crippen LogP contribution is 2.26. The number of anilines is 1. The molecule has 0 unspecified atom stereocenters. The third kappa shape index (κ3) is 4.99. The molecule has 106 valence electrons. The Bertz CT molecular complexity index is 595. The lowest BCUT2D eigenvalue weighted by Gasteiger charge is -2.18. The van der Waals surface area contributed by atoms with Crippen molar-refractivity contribution >= 4 is 33.1 Å². The monoisotopic (exact) mass is 307 g/mol. The molecule has 0 aliphatic rings. The van der Waals surface area contributed by atoms with Crippen molar-refractivity contribution in [2.75, 3.05) is 10.5 Å². The Kier molecular flexibility index (Phi) is 4.36. The summed E-state index contributed by atoms with van der Waals surface area (Å²) < 4.78 is 25.9. The van der Waals surface area contributed by atoms with Gasteiger partial charge in [0.25, 0.3) is 0 Å². The fraction of sp³-hybridized carbons (Fsp3) is 0.500. The molecule has 1 aromatic rings. The Labute approximate surface area is 116 Å². The molecule has 0 saturated heterocycles. The van der Waals surface area contributed by atoms with E-state index in [0.29, 0.717) is 0 Å². The van der Waals surface area contributed by atoms with Gasteiger partial charge in [-0.3, -0.25) is 14.8 Å². The lowest BCUT2D eigenvalue weighted by atomic mass is 10.0. The number of rotatable bonds is 4. The SMILES string of the molecule is CC(C)(C)CS(=O)(=O)Nc1nc(Cl)ccc1[N+](=O)[O-]. The molecule has 1 rings (SSSR count). The predicted molar refractivity (Wildman–Crippen MR) is 72.8 cm³/mol. The summed E-state index contributed by atoms with van der Waals surface area (Å²) in [6, 6.07) is 2.32. The first kappa shape index (κ1) is 15.6. The Morgan fingerprint density at radius 1 is 1.42 bits per heavy atom. The second kappa shape index (κ2) is 5.30. The van der Waals surface area contributed by atoms with Gasteiger partial charge in [-0.25, -0.2) is 13.4 Å². The van der Waals surface area contributed by atoms with Gasteiger partial charge in [0, 0.05) is 6.07 Å². The summed E-state index contributed by atoms with van der Waals surface area (Å²) in [6.07, 6.45) is 0. The van der Waals surface area contributed by atoms with Crippen LogP contribution in [0.2, 0.25) is 5.15 Å². The van der Waals surface area contributed by atoms with Crippen LogP contribution in [-0.4, -0.2) is 24.1 Å². The summed E-state index contributed by atoms with van der Waals surface area (Å²) in [4.78, 5) is 13.7. The lowest BCUT2D eigenvalue weighted by molar-refractivity contribution is -0.384. The number of pyridine rings is 1. The number of halogens is 1. The van der Waals surface area contributed by atoms with E-state index >= 15 is 0 Å². The van der Waals surface area contributed by atoms with Crippen LogP contribution in [0.1, 0.15) is 20.8 Å². The van der Waals surface area contributed by atoms with E-state index in [1.807, 2.05) is 0 Å². The highest BCUT2D eigenvalue weighted by molar-refractivity contribution is 7.92. The van der Waals surface area contributed by atoms with Gasteiger partial charge in [-0.2, -0.15) is 0 Å². The van der Waals surface area contributed by atoms with Crippen LogP contribution >= 0.6 is 11.6 Å². The van der Waals surface area contributed by atoms with Crippen molar-refractivity contribution in [3.8, 4) is 0 Å². The standard InChI is InChI=1S/C10H14ClN3O4S/c1-10(2,3)6-19(17,18)13-9-7(14(15)16)4-5-8(11)12-9/h4-5H,6H2,1-3H3,(H,12,13). The number of aromatic nitrogens is 1. The number of hydrogen-bond donors (Lipinski definition) is 1. The summed E-state index contributed by atoms with van der Waals surface area (Å²) in [6.45, 7) is 5.23. The average Bonchev–Trinajstić information content (AvgIpc) is 2.11. The van der Waals surface area contributed by atoms with Crippen molar-refractivity contribution in [2.24, 2.45) is 5.41 Å². The minimum Gasteiger partial charge on any atom is -0.261 e. The summed E-state index contributed by atoms with van der Waals surface area (Å²) >= 11 is 5.61. The number of hydrogen-bond acceptors (Lipinski definition) is 5. The fourth-order valence-corrected chi connectivity index (χ4v) is 3.21. The Hall–Kier alpha value is -1.41. The van der Waals surface area contributed by atoms with Crippen LogP contribution in [0, 0.1) is 15.5 Å². The number of nitrogens with zero attached hydrogens (tertiary/aromatic N) is 2. The van der Waals surface area contributed by atoms with E-state index in [4.69, 9.17) is 11.6 Å². The molecule has 0 fully saturated rings. The molecular weight excluding hydrogens is 294 g/mol. The Morgan fingerprint density at radius 2 is 2.00 bits per heavy atom. The molecule has 1 aromatic heterocycles. The number of sulfonamides is 1. The molecule has 0 saturated carbocycles.